The lowest BCUT2D eigenvalue weighted by Gasteiger charge is -2.31. The zero-order chi connectivity index (χ0) is 53.1. The van der Waals surface area contributed by atoms with E-state index in [0.29, 0.717) is 87.3 Å². The van der Waals surface area contributed by atoms with E-state index in [1.807, 2.05) is 7.05 Å². The second-order valence-electron chi connectivity index (χ2n) is 18.8. The second kappa shape index (κ2) is 21.9. The van der Waals surface area contributed by atoms with Gasteiger partial charge in [-0.25, -0.2) is 14.4 Å². The maximum absolute atomic E-state index is 14.6. The van der Waals surface area contributed by atoms with E-state index in [-0.39, 0.29) is 60.5 Å². The van der Waals surface area contributed by atoms with Gasteiger partial charge in [0, 0.05) is 91.6 Å². The molecule has 23 heteroatoms. The number of primary amides is 1. The fourth-order valence-corrected chi connectivity index (χ4v) is 9.65. The molecular weight excluding hydrogens is 978 g/mol. The molecule has 22 nitrogen and oxygen atoms in total. The molecule has 5 heterocycles. The van der Waals surface area contributed by atoms with Crippen molar-refractivity contribution < 1.29 is 52.2 Å². The maximum Gasteiger partial charge on any atom is 0.415 e. The van der Waals surface area contributed by atoms with E-state index in [1.54, 1.807) is 80.3 Å². The van der Waals surface area contributed by atoms with Crippen molar-refractivity contribution in [3.8, 4) is 5.75 Å². The molecule has 3 aromatic heterocycles. The molecule has 2 aliphatic rings. The predicted molar refractivity (Wildman–Crippen MR) is 277 cm³/mol. The van der Waals surface area contributed by atoms with E-state index in [2.05, 4.69) is 41.5 Å². The lowest BCUT2D eigenvalue weighted by Crippen LogP contribution is -2.54. The monoisotopic (exact) mass is 1040 g/mol. The number of aromatic nitrogens is 2. The number of hydrogen-bond acceptors (Lipinski definition) is 12. The molecule has 2 aliphatic heterocycles. The summed E-state index contributed by atoms with van der Waals surface area (Å²) in [6.45, 7) is 9.03. The number of fused-ring (bicyclic) bond motifs is 5. The van der Waals surface area contributed by atoms with Crippen LogP contribution in [-0.2, 0) is 19.1 Å². The zero-order valence-corrected chi connectivity index (χ0v) is 42.4. The molecule has 3 atom stereocenters. The summed E-state index contributed by atoms with van der Waals surface area (Å²) >= 11 is 6.59. The molecule has 8 amide bonds. The molecule has 6 aromatic rings. The van der Waals surface area contributed by atoms with Crippen molar-refractivity contribution in [1.29, 1.82) is 0 Å². The molecule has 0 radical (unpaired) electrons. The lowest BCUT2D eigenvalue weighted by molar-refractivity contribution is -0.131. The minimum atomic E-state index is -1.08. The van der Waals surface area contributed by atoms with Crippen molar-refractivity contribution >= 4 is 109 Å². The van der Waals surface area contributed by atoms with Gasteiger partial charge in [-0.05, 0) is 74.7 Å². The summed E-state index contributed by atoms with van der Waals surface area (Å²) in [4.78, 5) is 117. The van der Waals surface area contributed by atoms with Gasteiger partial charge in [0.25, 0.3) is 11.8 Å². The highest BCUT2D eigenvalue weighted by atomic mass is 35.5. The van der Waals surface area contributed by atoms with Crippen molar-refractivity contribution in [2.75, 3.05) is 74.8 Å². The van der Waals surface area contributed by atoms with Gasteiger partial charge in [0.2, 0.25) is 17.7 Å². The van der Waals surface area contributed by atoms with Crippen LogP contribution in [0.3, 0.4) is 0 Å². The Morgan fingerprint density at radius 1 is 0.905 bits per heavy atom. The number of halogens is 1. The fraction of sp³-hybridized carbons (Fsp3) is 0.373. The molecule has 9 N–H and O–H groups in total. The molecule has 3 aromatic carbocycles. The summed E-state index contributed by atoms with van der Waals surface area (Å²) < 4.78 is 17.3. The van der Waals surface area contributed by atoms with Crippen LogP contribution in [0.5, 0.6) is 5.75 Å². The van der Waals surface area contributed by atoms with Crippen LogP contribution in [0, 0.1) is 12.8 Å². The van der Waals surface area contributed by atoms with E-state index >= 15 is 0 Å². The minimum Gasteiger partial charge on any atom is -0.465 e. The maximum atomic E-state index is 14.6. The zero-order valence-electron chi connectivity index (χ0n) is 41.7. The smallest absolute Gasteiger partial charge is 0.415 e. The SMILES string of the molecule is COC(=O)c1c(C)[nH]c2c(OC(=O)N3CCN(C)CC3)cc3c(c12)[C@H](CCl)CN3C(=O)c1cc2cc(NC(=O)c3cc4cccc(NC(=O)[C@H](CCCNC(N)=O)NC(=O)[C@@H](NC(C)=O)C(C)C)c4[nH]3)ccc2o1. The molecule has 0 bridgehead atoms. The number of carbonyl (C=O) groups is 8. The second-order valence-corrected chi connectivity index (χ2v) is 19.1. The average Bonchev–Trinajstić information content (AvgIpc) is 4.16. The third-order valence-electron chi connectivity index (χ3n) is 13.2. The van der Waals surface area contributed by atoms with Crippen LogP contribution in [-0.4, -0.2) is 139 Å². The summed E-state index contributed by atoms with van der Waals surface area (Å²) in [5.41, 5.74) is 8.92. The van der Waals surface area contributed by atoms with E-state index in [4.69, 9.17) is 31.2 Å². The van der Waals surface area contributed by atoms with Crippen LogP contribution in [0.15, 0.2) is 59.0 Å². The number of para-hydroxylation sites is 1. The van der Waals surface area contributed by atoms with Crippen LogP contribution in [0.4, 0.5) is 26.7 Å². The average molecular weight is 1040 g/mol. The summed E-state index contributed by atoms with van der Waals surface area (Å²) in [6.07, 6.45) is -0.179. The van der Waals surface area contributed by atoms with Crippen LogP contribution in [0.2, 0.25) is 0 Å². The Hall–Kier alpha value is -8.11. The number of furan rings is 1. The third-order valence-corrected chi connectivity index (χ3v) is 13.6. The molecule has 1 saturated heterocycles. The van der Waals surface area contributed by atoms with Gasteiger partial charge in [0.05, 0.1) is 35.1 Å². The molecular formula is C51H58ClN11O11. The minimum absolute atomic E-state index is 0.0269. The Labute approximate surface area is 429 Å². The van der Waals surface area contributed by atoms with Gasteiger partial charge in [0.15, 0.2) is 11.5 Å². The molecule has 0 unspecified atom stereocenters. The van der Waals surface area contributed by atoms with Crippen LogP contribution < -0.4 is 42.0 Å². The summed E-state index contributed by atoms with van der Waals surface area (Å²) in [7, 11) is 3.24. The first-order chi connectivity index (χ1) is 35.3. The number of nitrogens with one attached hydrogen (secondary N) is 7. The van der Waals surface area contributed by atoms with E-state index < -0.39 is 65.6 Å². The molecule has 1 fully saturated rings. The third kappa shape index (κ3) is 11.0. The molecule has 390 valence electrons. The van der Waals surface area contributed by atoms with Crippen molar-refractivity contribution in [1.82, 2.24) is 35.7 Å². The fourth-order valence-electron chi connectivity index (χ4n) is 9.39. The Bertz CT molecular complexity index is 3210. The first-order valence-corrected chi connectivity index (χ1v) is 24.6. The molecule has 0 aliphatic carbocycles. The summed E-state index contributed by atoms with van der Waals surface area (Å²) in [6, 6.07) is 12.0. The number of urea groups is 1. The number of nitrogens with zero attached hydrogens (tertiary/aromatic N) is 3. The first-order valence-electron chi connectivity index (χ1n) is 24.0. The Morgan fingerprint density at radius 2 is 1.66 bits per heavy atom. The highest BCUT2D eigenvalue weighted by molar-refractivity contribution is 6.20. The van der Waals surface area contributed by atoms with Crippen LogP contribution >= 0.6 is 11.6 Å². The first kappa shape index (κ1) is 52.2. The normalized spacial score (nSPS) is 15.4. The number of methoxy groups -OCH3 is 1. The van der Waals surface area contributed by atoms with Crippen molar-refractivity contribution in [2.45, 2.75) is 58.5 Å². The summed E-state index contributed by atoms with van der Waals surface area (Å²) in [5, 5.41) is 15.1. The van der Waals surface area contributed by atoms with Crippen molar-refractivity contribution in [3.63, 3.8) is 0 Å². The number of H-pyrrole nitrogens is 2. The molecule has 8 rings (SSSR count). The topological polar surface area (TPSA) is 296 Å². The number of likely N-dealkylation sites (N-methyl/N-ethyl adjacent to an activating group) is 1. The standard InChI is InChI=1S/C51H58ClN11O11/c1-25(2)42(56-27(4)64)47(67)60-33(11-8-14-54-50(53)70)45(65)59-32-10-7-9-28-20-34(58-43(28)32)46(66)57-31-12-13-36-29(19-31)21-38(73-36)48(68)63-24-30(23-52)40-35(63)22-37(74-51(71)62-17-15-61(5)16-18-62)44-41(40)39(26(3)55-44)49(69)72-6/h7,9-10,12-13,19-22,25,30,33,42,55,58H,8,11,14-18,23-24H2,1-6H3,(H,56,64)(H,57,66)(H,59,65)(H,60,67)(H3,53,54,70)/t30-,33+,42+/m1/s1. The highest BCUT2D eigenvalue weighted by Crippen LogP contribution is 2.48. The Kier molecular flexibility index (Phi) is 15.5. The number of aryl methyl sites for hydroxylation is 1. The van der Waals surface area contributed by atoms with Gasteiger partial charge >= 0.3 is 18.1 Å². The number of piperazine rings is 1. The number of benzene rings is 3. The summed E-state index contributed by atoms with van der Waals surface area (Å²) in [5.74, 6) is -3.77. The molecule has 74 heavy (non-hydrogen) atoms. The number of amides is 8. The Morgan fingerprint density at radius 3 is 2.35 bits per heavy atom. The lowest BCUT2D eigenvalue weighted by atomic mass is 9.95. The van der Waals surface area contributed by atoms with Gasteiger partial charge in [-0.2, -0.15) is 0 Å². The number of esters is 1. The predicted octanol–water partition coefficient (Wildman–Crippen LogP) is 5.50. The van der Waals surface area contributed by atoms with E-state index in [1.165, 1.54) is 18.9 Å². The quantitative estimate of drug-likeness (QED) is 0.0339. The largest absolute Gasteiger partial charge is 0.465 e. The Balaban J connectivity index is 1.02. The number of alkyl halides is 1. The van der Waals surface area contributed by atoms with Crippen LogP contribution in [0.1, 0.15) is 82.2 Å². The van der Waals surface area contributed by atoms with Gasteiger partial charge in [0.1, 0.15) is 23.4 Å². The number of aromatic amines is 2. The van der Waals surface area contributed by atoms with Gasteiger partial charge in [-0.1, -0.05) is 26.0 Å². The number of hydrogen-bond donors (Lipinski definition) is 8. The van der Waals surface area contributed by atoms with Gasteiger partial charge < -0.3 is 70.9 Å². The molecule has 0 saturated carbocycles. The van der Waals surface area contributed by atoms with Crippen molar-refractivity contribution in [2.24, 2.45) is 11.7 Å². The molecule has 0 spiro atoms. The number of carbonyl (C=O) groups excluding carboxylic acids is 8. The van der Waals surface area contributed by atoms with Gasteiger partial charge in [-0.15, -0.1) is 11.6 Å². The van der Waals surface area contributed by atoms with E-state index in [0.717, 1.165) is 0 Å². The number of rotatable bonds is 16. The van der Waals surface area contributed by atoms with Gasteiger partial charge in [-0.3, -0.25) is 24.0 Å². The number of nitrogens with two attached hydrogens (primary N) is 1. The van der Waals surface area contributed by atoms with Crippen LogP contribution in [0.25, 0.3) is 32.8 Å². The van der Waals surface area contributed by atoms with E-state index in [9.17, 15) is 38.4 Å². The highest BCUT2D eigenvalue weighted by Gasteiger charge is 2.39. The number of ether oxygens (including phenoxy) is 2. The number of anilines is 3. The van der Waals surface area contributed by atoms with Crippen molar-refractivity contribution in [3.05, 3.63) is 82.9 Å².